The number of nitrogen functional groups attached to an aromatic ring is 1. The third-order valence-electron chi connectivity index (χ3n) is 5.60. The maximum absolute atomic E-state index is 13.0. The zero-order valence-corrected chi connectivity index (χ0v) is 18.2. The quantitative estimate of drug-likeness (QED) is 0.241. The number of amidine groups is 1. The predicted octanol–water partition coefficient (Wildman–Crippen LogP) is 1.10. The summed E-state index contributed by atoms with van der Waals surface area (Å²) in [5.74, 6) is -1.71. The van der Waals surface area contributed by atoms with Gasteiger partial charge in [-0.25, -0.2) is 0 Å². The van der Waals surface area contributed by atoms with Gasteiger partial charge in [0.2, 0.25) is 11.8 Å². The molecule has 31 heavy (non-hydrogen) atoms. The first-order valence-corrected chi connectivity index (χ1v) is 10.6. The van der Waals surface area contributed by atoms with Gasteiger partial charge in [-0.3, -0.25) is 25.1 Å². The highest BCUT2D eigenvalue weighted by Crippen LogP contribution is 2.27. The summed E-state index contributed by atoms with van der Waals surface area (Å²) in [5, 5.41) is 24.9. The fourth-order valence-electron chi connectivity index (χ4n) is 3.79. The summed E-state index contributed by atoms with van der Waals surface area (Å²) in [4.78, 5) is 36.7. The maximum atomic E-state index is 13.0. The van der Waals surface area contributed by atoms with Gasteiger partial charge in [-0.2, -0.15) is 0 Å². The summed E-state index contributed by atoms with van der Waals surface area (Å²) in [7, 11) is 0. The first-order chi connectivity index (χ1) is 14.6. The second-order valence-corrected chi connectivity index (χ2v) is 8.56. The van der Waals surface area contributed by atoms with Crippen molar-refractivity contribution in [2.45, 2.75) is 64.1 Å². The Bertz CT molecular complexity index is 801. The van der Waals surface area contributed by atoms with Gasteiger partial charge in [-0.15, -0.1) is 0 Å². The summed E-state index contributed by atoms with van der Waals surface area (Å²) in [6, 6.07) is 6.32. The lowest BCUT2D eigenvalue weighted by atomic mass is 9.83. The van der Waals surface area contributed by atoms with Crippen molar-refractivity contribution in [2.24, 2.45) is 11.7 Å². The molecule has 1 aliphatic rings. The monoisotopic (exact) mass is 431 g/mol. The van der Waals surface area contributed by atoms with Crippen molar-refractivity contribution in [3.8, 4) is 0 Å². The average molecular weight is 432 g/mol. The Morgan fingerprint density at radius 3 is 2.32 bits per heavy atom. The number of hydrogen-bond donors (Lipinski definition) is 6. The average Bonchev–Trinajstić information content (AvgIpc) is 2.72. The van der Waals surface area contributed by atoms with Crippen LogP contribution in [0.2, 0.25) is 0 Å². The van der Waals surface area contributed by atoms with Crippen molar-refractivity contribution in [1.82, 2.24) is 16.0 Å². The second kappa shape index (κ2) is 10.9. The molecule has 1 saturated carbocycles. The predicted molar refractivity (Wildman–Crippen MR) is 118 cm³/mol. The lowest BCUT2D eigenvalue weighted by Crippen LogP contribution is -2.60. The standard InChI is InChI=1S/C22H33N5O4/c1-22(2,21(31)26-12-14-8-10-16(11-9-14)19(23)24)27-20(30)18(25-13-17(28)29)15-6-4-3-5-7-15/h8-11,15,18,25H,3-7,12-13H2,1-2H3,(H3,23,24)(H,26,31)(H,27,30)(H,28,29)/t18-/m1/s1. The molecule has 0 heterocycles. The van der Waals surface area contributed by atoms with E-state index in [0.29, 0.717) is 5.56 Å². The van der Waals surface area contributed by atoms with Crippen LogP contribution >= 0.6 is 0 Å². The van der Waals surface area contributed by atoms with Crippen molar-refractivity contribution in [3.63, 3.8) is 0 Å². The Hall–Kier alpha value is -2.94. The largest absolute Gasteiger partial charge is 0.480 e. The third-order valence-corrected chi connectivity index (χ3v) is 5.60. The lowest BCUT2D eigenvalue weighted by molar-refractivity contribution is -0.137. The number of carbonyl (C=O) groups is 3. The van der Waals surface area contributed by atoms with Gasteiger partial charge in [0, 0.05) is 12.1 Å². The number of hydrogen-bond acceptors (Lipinski definition) is 5. The first kappa shape index (κ1) is 24.3. The molecular formula is C22H33N5O4. The molecule has 0 radical (unpaired) electrons. The van der Waals surface area contributed by atoms with Crippen LogP contribution in [0.5, 0.6) is 0 Å². The molecule has 0 saturated heterocycles. The molecule has 1 fully saturated rings. The zero-order valence-electron chi connectivity index (χ0n) is 18.2. The second-order valence-electron chi connectivity index (χ2n) is 8.56. The number of amides is 2. The molecule has 9 heteroatoms. The number of carboxylic acid groups (broad SMARTS) is 1. The van der Waals surface area contributed by atoms with Crippen molar-refractivity contribution >= 4 is 23.6 Å². The van der Waals surface area contributed by atoms with Crippen molar-refractivity contribution < 1.29 is 19.5 Å². The SMILES string of the molecule is CC(C)(NC(=O)[C@H](NCC(=O)O)C1CCCCC1)C(=O)NCc1ccc(C(=N)N)cc1. The fourth-order valence-corrected chi connectivity index (χ4v) is 3.79. The van der Waals surface area contributed by atoms with Gasteiger partial charge in [0.15, 0.2) is 0 Å². The van der Waals surface area contributed by atoms with Crippen LogP contribution in [0.3, 0.4) is 0 Å². The number of carbonyl (C=O) groups excluding carboxylic acids is 2. The van der Waals surface area contributed by atoms with E-state index in [-0.39, 0.29) is 36.7 Å². The van der Waals surface area contributed by atoms with Gasteiger partial charge < -0.3 is 21.5 Å². The van der Waals surface area contributed by atoms with Crippen LogP contribution in [0.4, 0.5) is 0 Å². The normalized spacial score (nSPS) is 15.7. The molecule has 1 aromatic carbocycles. The lowest BCUT2D eigenvalue weighted by Gasteiger charge is -2.33. The first-order valence-electron chi connectivity index (χ1n) is 10.6. The molecule has 0 aliphatic heterocycles. The zero-order chi connectivity index (χ0) is 23.0. The number of carboxylic acids is 1. The minimum atomic E-state index is -1.17. The Morgan fingerprint density at radius 1 is 1.16 bits per heavy atom. The van der Waals surface area contributed by atoms with Gasteiger partial charge in [-0.05, 0) is 38.2 Å². The molecule has 7 N–H and O–H groups in total. The van der Waals surface area contributed by atoms with Gasteiger partial charge in [0.25, 0.3) is 0 Å². The molecule has 2 rings (SSSR count). The highest BCUT2D eigenvalue weighted by atomic mass is 16.4. The van der Waals surface area contributed by atoms with Crippen LogP contribution in [0.1, 0.15) is 57.1 Å². The molecular weight excluding hydrogens is 398 g/mol. The van der Waals surface area contributed by atoms with Crippen molar-refractivity contribution in [3.05, 3.63) is 35.4 Å². The minimum absolute atomic E-state index is 0.0246. The number of nitrogens with one attached hydrogen (secondary N) is 4. The molecule has 2 amide bonds. The van der Waals surface area contributed by atoms with E-state index in [1.807, 2.05) is 0 Å². The van der Waals surface area contributed by atoms with Crippen molar-refractivity contribution in [1.29, 1.82) is 5.41 Å². The van der Waals surface area contributed by atoms with E-state index in [1.54, 1.807) is 38.1 Å². The molecule has 1 aromatic rings. The number of rotatable bonds is 10. The van der Waals surface area contributed by atoms with E-state index >= 15 is 0 Å². The van der Waals surface area contributed by atoms with Gasteiger partial charge in [-0.1, -0.05) is 43.5 Å². The molecule has 1 atom stereocenters. The van der Waals surface area contributed by atoms with Crippen LogP contribution in [0.25, 0.3) is 0 Å². The van der Waals surface area contributed by atoms with Crippen LogP contribution in [-0.4, -0.2) is 46.9 Å². The number of nitrogens with two attached hydrogens (primary N) is 1. The highest BCUT2D eigenvalue weighted by molar-refractivity contribution is 5.95. The molecule has 0 unspecified atom stereocenters. The third kappa shape index (κ3) is 7.36. The molecule has 0 bridgehead atoms. The fraction of sp³-hybridized carbons (Fsp3) is 0.545. The molecule has 1 aliphatic carbocycles. The molecule has 0 aromatic heterocycles. The smallest absolute Gasteiger partial charge is 0.317 e. The van der Waals surface area contributed by atoms with E-state index in [1.165, 1.54) is 0 Å². The topological polar surface area (TPSA) is 157 Å². The Kier molecular flexibility index (Phi) is 8.56. The molecule has 9 nitrogen and oxygen atoms in total. The Balaban J connectivity index is 1.97. The molecule has 170 valence electrons. The van der Waals surface area contributed by atoms with Crippen LogP contribution in [0, 0.1) is 11.3 Å². The van der Waals surface area contributed by atoms with Crippen LogP contribution in [0.15, 0.2) is 24.3 Å². The minimum Gasteiger partial charge on any atom is -0.480 e. The van der Waals surface area contributed by atoms with E-state index in [0.717, 1.165) is 37.7 Å². The maximum Gasteiger partial charge on any atom is 0.317 e. The number of benzene rings is 1. The van der Waals surface area contributed by atoms with Crippen LogP contribution in [-0.2, 0) is 20.9 Å². The van der Waals surface area contributed by atoms with E-state index < -0.39 is 17.6 Å². The van der Waals surface area contributed by atoms with Crippen molar-refractivity contribution in [2.75, 3.05) is 6.54 Å². The van der Waals surface area contributed by atoms with E-state index in [9.17, 15) is 14.4 Å². The van der Waals surface area contributed by atoms with Gasteiger partial charge >= 0.3 is 5.97 Å². The van der Waals surface area contributed by atoms with E-state index in [4.69, 9.17) is 16.2 Å². The van der Waals surface area contributed by atoms with E-state index in [2.05, 4.69) is 16.0 Å². The van der Waals surface area contributed by atoms with Gasteiger partial charge in [0.05, 0.1) is 12.6 Å². The Morgan fingerprint density at radius 2 is 1.77 bits per heavy atom. The van der Waals surface area contributed by atoms with Crippen LogP contribution < -0.4 is 21.7 Å². The number of aliphatic carboxylic acids is 1. The Labute approximate surface area is 182 Å². The van der Waals surface area contributed by atoms with Gasteiger partial charge in [0.1, 0.15) is 11.4 Å². The molecule has 0 spiro atoms. The summed E-state index contributed by atoms with van der Waals surface area (Å²) in [6.07, 6.45) is 4.84. The summed E-state index contributed by atoms with van der Waals surface area (Å²) >= 11 is 0. The summed E-state index contributed by atoms with van der Waals surface area (Å²) < 4.78 is 0. The highest BCUT2D eigenvalue weighted by Gasteiger charge is 2.35. The summed E-state index contributed by atoms with van der Waals surface area (Å²) in [5.41, 5.74) is 5.71. The summed E-state index contributed by atoms with van der Waals surface area (Å²) in [6.45, 7) is 3.19.